The van der Waals surface area contributed by atoms with Crippen molar-refractivity contribution in [2.75, 3.05) is 19.6 Å². The predicted molar refractivity (Wildman–Crippen MR) is 79.5 cm³/mol. The van der Waals surface area contributed by atoms with Crippen molar-refractivity contribution in [1.82, 2.24) is 10.6 Å². The Labute approximate surface area is 114 Å². The lowest BCUT2D eigenvalue weighted by Crippen LogP contribution is -2.42. The molecule has 96 valence electrons. The molecule has 1 aliphatic heterocycles. The lowest BCUT2D eigenvalue weighted by atomic mass is 9.95. The quantitative estimate of drug-likeness (QED) is 0.826. The van der Waals surface area contributed by atoms with Crippen LogP contribution >= 0.6 is 12.4 Å². The van der Waals surface area contributed by atoms with Gasteiger partial charge in [0.15, 0.2) is 0 Å². The average molecular weight is 263 g/mol. The van der Waals surface area contributed by atoms with E-state index in [1.807, 2.05) is 0 Å². The van der Waals surface area contributed by atoms with Crippen LogP contribution in [0.25, 0.3) is 10.8 Å². The third-order valence-electron chi connectivity index (χ3n) is 3.59. The minimum Gasteiger partial charge on any atom is -0.314 e. The fraction of sp³-hybridized carbons (Fsp3) is 0.333. The van der Waals surface area contributed by atoms with E-state index in [0.29, 0.717) is 6.04 Å². The average Bonchev–Trinajstić information content (AvgIpc) is 2.41. The van der Waals surface area contributed by atoms with Crippen LogP contribution in [0.3, 0.4) is 0 Å². The molecule has 2 aromatic rings. The van der Waals surface area contributed by atoms with E-state index in [-0.39, 0.29) is 12.4 Å². The fourth-order valence-corrected chi connectivity index (χ4v) is 2.65. The largest absolute Gasteiger partial charge is 0.314 e. The van der Waals surface area contributed by atoms with E-state index in [4.69, 9.17) is 0 Å². The third-order valence-corrected chi connectivity index (χ3v) is 3.59. The van der Waals surface area contributed by atoms with E-state index in [1.54, 1.807) is 0 Å². The second-order valence-corrected chi connectivity index (χ2v) is 4.73. The zero-order valence-corrected chi connectivity index (χ0v) is 11.4. The number of fused-ring (bicyclic) bond motifs is 1. The molecule has 0 spiro atoms. The molecule has 0 amide bonds. The van der Waals surface area contributed by atoms with E-state index in [2.05, 4.69) is 54.0 Å². The molecule has 0 unspecified atom stereocenters. The van der Waals surface area contributed by atoms with Gasteiger partial charge in [0.25, 0.3) is 0 Å². The van der Waals surface area contributed by atoms with Crippen molar-refractivity contribution in [2.24, 2.45) is 0 Å². The molecule has 1 fully saturated rings. The molecule has 0 aliphatic carbocycles. The van der Waals surface area contributed by atoms with Crippen LogP contribution in [0, 0.1) is 6.92 Å². The van der Waals surface area contributed by atoms with Crippen LogP contribution < -0.4 is 10.6 Å². The SMILES string of the molecule is Cc1ccc([C@H]2CNCCN2)c2ccccc12.Cl. The fourth-order valence-electron chi connectivity index (χ4n) is 2.65. The first-order valence-electron chi connectivity index (χ1n) is 6.28. The van der Waals surface area contributed by atoms with Gasteiger partial charge in [-0.05, 0) is 28.8 Å². The molecule has 2 nitrogen and oxygen atoms in total. The van der Waals surface area contributed by atoms with Crippen LogP contribution in [0.2, 0.25) is 0 Å². The minimum atomic E-state index is 0. The molecule has 18 heavy (non-hydrogen) atoms. The first kappa shape index (κ1) is 13.3. The monoisotopic (exact) mass is 262 g/mol. The molecular weight excluding hydrogens is 244 g/mol. The van der Waals surface area contributed by atoms with Gasteiger partial charge in [0.1, 0.15) is 0 Å². The second kappa shape index (κ2) is 5.70. The van der Waals surface area contributed by atoms with E-state index >= 15 is 0 Å². The van der Waals surface area contributed by atoms with Crippen molar-refractivity contribution >= 4 is 23.2 Å². The molecule has 0 radical (unpaired) electrons. The van der Waals surface area contributed by atoms with Gasteiger partial charge in [0.2, 0.25) is 0 Å². The normalized spacial score (nSPS) is 19.5. The summed E-state index contributed by atoms with van der Waals surface area (Å²) in [6, 6.07) is 13.6. The minimum absolute atomic E-state index is 0. The summed E-state index contributed by atoms with van der Waals surface area (Å²) in [6.45, 7) is 5.32. The Bertz CT molecular complexity index is 533. The summed E-state index contributed by atoms with van der Waals surface area (Å²) in [5.41, 5.74) is 2.77. The molecule has 2 N–H and O–H groups in total. The summed E-state index contributed by atoms with van der Waals surface area (Å²) < 4.78 is 0. The van der Waals surface area contributed by atoms with Gasteiger partial charge >= 0.3 is 0 Å². The Kier molecular flexibility index (Phi) is 4.23. The summed E-state index contributed by atoms with van der Waals surface area (Å²) in [4.78, 5) is 0. The zero-order valence-electron chi connectivity index (χ0n) is 10.6. The van der Waals surface area contributed by atoms with Crippen molar-refractivity contribution in [2.45, 2.75) is 13.0 Å². The van der Waals surface area contributed by atoms with Gasteiger partial charge in [0.05, 0.1) is 0 Å². The van der Waals surface area contributed by atoms with Crippen LogP contribution in [-0.4, -0.2) is 19.6 Å². The van der Waals surface area contributed by atoms with Crippen LogP contribution in [0.5, 0.6) is 0 Å². The molecule has 3 heteroatoms. The molecule has 0 saturated carbocycles. The molecule has 3 rings (SSSR count). The Morgan fingerprint density at radius 3 is 2.50 bits per heavy atom. The van der Waals surface area contributed by atoms with Crippen molar-refractivity contribution in [1.29, 1.82) is 0 Å². The number of piperazine rings is 1. The number of rotatable bonds is 1. The standard InChI is InChI=1S/C15H18N2.ClH/c1-11-6-7-14(15-10-16-8-9-17-15)13-5-3-2-4-12(11)13;/h2-7,15-17H,8-10H2,1H3;1H/t15-;/m1./s1. The van der Waals surface area contributed by atoms with Crippen LogP contribution in [-0.2, 0) is 0 Å². The summed E-state index contributed by atoms with van der Waals surface area (Å²) in [7, 11) is 0. The van der Waals surface area contributed by atoms with Gasteiger partial charge in [-0.25, -0.2) is 0 Å². The summed E-state index contributed by atoms with van der Waals surface area (Å²) in [6.07, 6.45) is 0. The predicted octanol–water partition coefficient (Wildman–Crippen LogP) is 2.80. The Morgan fingerprint density at radius 2 is 1.78 bits per heavy atom. The van der Waals surface area contributed by atoms with Crippen LogP contribution in [0.15, 0.2) is 36.4 Å². The number of halogens is 1. The van der Waals surface area contributed by atoms with Crippen molar-refractivity contribution < 1.29 is 0 Å². The first-order chi connectivity index (χ1) is 8.36. The Balaban J connectivity index is 0.00000120. The Morgan fingerprint density at radius 1 is 1.00 bits per heavy atom. The Hall–Kier alpha value is -1.09. The number of nitrogens with one attached hydrogen (secondary N) is 2. The molecule has 1 heterocycles. The lowest BCUT2D eigenvalue weighted by molar-refractivity contribution is 0.432. The lowest BCUT2D eigenvalue weighted by Gasteiger charge is -2.26. The van der Waals surface area contributed by atoms with E-state index in [1.165, 1.54) is 21.9 Å². The molecule has 2 aromatic carbocycles. The van der Waals surface area contributed by atoms with Gasteiger partial charge in [-0.15, -0.1) is 12.4 Å². The van der Waals surface area contributed by atoms with Crippen LogP contribution in [0.1, 0.15) is 17.2 Å². The van der Waals surface area contributed by atoms with Gasteiger partial charge in [-0.1, -0.05) is 36.4 Å². The second-order valence-electron chi connectivity index (χ2n) is 4.73. The summed E-state index contributed by atoms with van der Waals surface area (Å²) >= 11 is 0. The molecule has 0 bridgehead atoms. The highest BCUT2D eigenvalue weighted by Gasteiger charge is 2.16. The third kappa shape index (κ3) is 2.37. The first-order valence-corrected chi connectivity index (χ1v) is 6.28. The highest BCUT2D eigenvalue weighted by Crippen LogP contribution is 2.27. The highest BCUT2D eigenvalue weighted by atomic mass is 35.5. The van der Waals surface area contributed by atoms with E-state index in [9.17, 15) is 0 Å². The van der Waals surface area contributed by atoms with Gasteiger partial charge in [-0.2, -0.15) is 0 Å². The number of aryl methyl sites for hydroxylation is 1. The van der Waals surface area contributed by atoms with E-state index < -0.39 is 0 Å². The maximum absolute atomic E-state index is 3.58. The molecule has 1 saturated heterocycles. The molecule has 1 aliphatic rings. The summed E-state index contributed by atoms with van der Waals surface area (Å²) in [5, 5.41) is 9.79. The number of hydrogen-bond donors (Lipinski definition) is 2. The molecular formula is C15H19ClN2. The number of hydrogen-bond acceptors (Lipinski definition) is 2. The van der Waals surface area contributed by atoms with E-state index in [0.717, 1.165) is 19.6 Å². The van der Waals surface area contributed by atoms with Crippen molar-refractivity contribution in [3.05, 3.63) is 47.5 Å². The number of benzene rings is 2. The topological polar surface area (TPSA) is 24.1 Å². The van der Waals surface area contributed by atoms with Gasteiger partial charge in [0, 0.05) is 25.7 Å². The smallest absolute Gasteiger partial charge is 0.0453 e. The van der Waals surface area contributed by atoms with Gasteiger partial charge < -0.3 is 10.6 Å². The molecule has 0 aromatic heterocycles. The van der Waals surface area contributed by atoms with Crippen LogP contribution in [0.4, 0.5) is 0 Å². The van der Waals surface area contributed by atoms with Crippen molar-refractivity contribution in [3.8, 4) is 0 Å². The summed E-state index contributed by atoms with van der Waals surface area (Å²) in [5.74, 6) is 0. The maximum atomic E-state index is 3.58. The maximum Gasteiger partial charge on any atom is 0.0453 e. The zero-order chi connectivity index (χ0) is 11.7. The van der Waals surface area contributed by atoms with Gasteiger partial charge in [-0.3, -0.25) is 0 Å². The molecule has 1 atom stereocenters. The van der Waals surface area contributed by atoms with Crippen molar-refractivity contribution in [3.63, 3.8) is 0 Å². The highest BCUT2D eigenvalue weighted by molar-refractivity contribution is 5.89.